The van der Waals surface area contributed by atoms with E-state index in [0.29, 0.717) is 15.2 Å². The number of halogens is 2. The predicted molar refractivity (Wildman–Crippen MR) is 76.3 cm³/mol. The van der Waals surface area contributed by atoms with Crippen LogP contribution in [0.4, 0.5) is 5.69 Å². The maximum absolute atomic E-state index is 11.8. The average Bonchev–Trinajstić information content (AvgIpc) is 2.38. The highest BCUT2D eigenvalue weighted by atomic mass is 79.9. The minimum atomic E-state index is -0.352. The largest absolute Gasteiger partial charge is 0.323 e. The van der Waals surface area contributed by atoms with Gasteiger partial charge in [0.05, 0.1) is 17.0 Å². The maximum Gasteiger partial charge on any atom is 0.268 e. The fraction of sp³-hybridized carbons (Fsp3) is 0.0833. The van der Waals surface area contributed by atoms with E-state index in [2.05, 4.69) is 26.2 Å². The van der Waals surface area contributed by atoms with Gasteiger partial charge in [-0.2, -0.15) is 0 Å². The van der Waals surface area contributed by atoms with Gasteiger partial charge in [0.2, 0.25) is 5.91 Å². The van der Waals surface area contributed by atoms with Crippen molar-refractivity contribution in [3.8, 4) is 0 Å². The molecule has 0 aliphatic heterocycles. The third-order valence-electron chi connectivity index (χ3n) is 2.32. The minimum Gasteiger partial charge on any atom is -0.323 e. The average molecular weight is 343 g/mol. The van der Waals surface area contributed by atoms with Crippen molar-refractivity contribution in [1.29, 1.82) is 0 Å². The number of carbonyl (C=O) groups is 1. The molecule has 0 saturated heterocycles. The summed E-state index contributed by atoms with van der Waals surface area (Å²) >= 11 is 8.99. The monoisotopic (exact) mass is 341 g/mol. The van der Waals surface area contributed by atoms with Crippen LogP contribution >= 0.6 is 27.5 Å². The molecule has 1 aromatic heterocycles. The summed E-state index contributed by atoms with van der Waals surface area (Å²) in [5.74, 6) is -0.352. The van der Waals surface area contributed by atoms with Crippen LogP contribution in [0.5, 0.6) is 0 Å². The second kappa shape index (κ2) is 5.99. The highest BCUT2D eigenvalue weighted by Crippen LogP contribution is 2.20. The van der Waals surface area contributed by atoms with Crippen molar-refractivity contribution in [3.05, 3.63) is 56.6 Å². The summed E-state index contributed by atoms with van der Waals surface area (Å²) in [7, 11) is 0. The molecule has 1 amide bonds. The Morgan fingerprint density at radius 1 is 1.42 bits per heavy atom. The van der Waals surface area contributed by atoms with Gasteiger partial charge in [-0.25, -0.2) is 4.98 Å². The lowest BCUT2D eigenvalue weighted by Gasteiger charge is -2.08. The number of para-hydroxylation sites is 1. The third-order valence-corrected chi connectivity index (χ3v) is 3.19. The number of hydrogen-bond acceptors (Lipinski definition) is 3. The number of amides is 1. The molecule has 0 saturated carbocycles. The molecule has 1 N–H and O–H groups in total. The van der Waals surface area contributed by atoms with E-state index in [0.717, 1.165) is 0 Å². The zero-order chi connectivity index (χ0) is 13.8. The van der Waals surface area contributed by atoms with Gasteiger partial charge in [0, 0.05) is 6.20 Å². The first-order valence-electron chi connectivity index (χ1n) is 5.32. The Bertz CT molecular complexity index is 672. The second-order valence-electron chi connectivity index (χ2n) is 3.70. The minimum absolute atomic E-state index is 0.128. The van der Waals surface area contributed by atoms with Crippen LogP contribution in [0.25, 0.3) is 0 Å². The molecule has 0 unspecified atom stereocenters. The molecule has 0 spiro atoms. The molecular weight excluding hydrogens is 334 g/mol. The Morgan fingerprint density at radius 3 is 2.89 bits per heavy atom. The van der Waals surface area contributed by atoms with E-state index in [4.69, 9.17) is 11.6 Å². The van der Waals surface area contributed by atoms with Crippen LogP contribution < -0.4 is 10.9 Å². The number of rotatable bonds is 3. The SMILES string of the molecule is O=C(Cn1cncc(Br)c1=O)Nc1ccccc1Cl. The molecule has 5 nitrogen and oxygen atoms in total. The fourth-order valence-electron chi connectivity index (χ4n) is 1.44. The van der Waals surface area contributed by atoms with Crippen molar-refractivity contribution in [2.75, 3.05) is 5.32 Å². The van der Waals surface area contributed by atoms with Crippen molar-refractivity contribution < 1.29 is 4.79 Å². The second-order valence-corrected chi connectivity index (χ2v) is 4.96. The van der Waals surface area contributed by atoms with Crippen LogP contribution in [-0.2, 0) is 11.3 Å². The van der Waals surface area contributed by atoms with Crippen LogP contribution in [0.15, 0.2) is 46.1 Å². The molecule has 1 aromatic carbocycles. The number of nitrogens with one attached hydrogen (secondary N) is 1. The highest BCUT2D eigenvalue weighted by Gasteiger charge is 2.08. The molecule has 19 heavy (non-hydrogen) atoms. The van der Waals surface area contributed by atoms with E-state index in [9.17, 15) is 9.59 Å². The molecule has 98 valence electrons. The van der Waals surface area contributed by atoms with Crippen molar-refractivity contribution in [1.82, 2.24) is 9.55 Å². The van der Waals surface area contributed by atoms with E-state index in [1.807, 2.05) is 0 Å². The van der Waals surface area contributed by atoms with Gasteiger partial charge in [0.1, 0.15) is 11.0 Å². The number of anilines is 1. The Kier molecular flexibility index (Phi) is 4.34. The quantitative estimate of drug-likeness (QED) is 0.931. The topological polar surface area (TPSA) is 64.0 Å². The van der Waals surface area contributed by atoms with Crippen molar-refractivity contribution in [3.63, 3.8) is 0 Å². The summed E-state index contributed by atoms with van der Waals surface area (Å²) in [5, 5.41) is 3.07. The normalized spacial score (nSPS) is 10.2. The van der Waals surface area contributed by atoms with Crippen molar-refractivity contribution >= 4 is 39.1 Å². The molecule has 2 rings (SSSR count). The van der Waals surface area contributed by atoms with Crippen LogP contribution in [0.2, 0.25) is 5.02 Å². The molecule has 2 aromatic rings. The fourth-order valence-corrected chi connectivity index (χ4v) is 1.97. The first-order chi connectivity index (χ1) is 9.08. The molecule has 0 fully saturated rings. The molecule has 7 heteroatoms. The van der Waals surface area contributed by atoms with Gasteiger partial charge in [-0.1, -0.05) is 23.7 Å². The van der Waals surface area contributed by atoms with Gasteiger partial charge in [0.15, 0.2) is 0 Å². The first-order valence-corrected chi connectivity index (χ1v) is 6.49. The summed E-state index contributed by atoms with van der Waals surface area (Å²) in [5.41, 5.74) is 0.189. The van der Waals surface area contributed by atoms with Crippen LogP contribution in [0, 0.1) is 0 Å². The molecule has 0 bridgehead atoms. The Morgan fingerprint density at radius 2 is 2.16 bits per heavy atom. The van der Waals surface area contributed by atoms with E-state index >= 15 is 0 Å². The maximum atomic E-state index is 11.8. The number of benzene rings is 1. The first kappa shape index (κ1) is 13.8. The number of nitrogens with zero attached hydrogens (tertiary/aromatic N) is 2. The van der Waals surface area contributed by atoms with Crippen LogP contribution in [0.3, 0.4) is 0 Å². The number of carbonyl (C=O) groups excluding carboxylic acids is 1. The van der Waals surface area contributed by atoms with Crippen LogP contribution in [-0.4, -0.2) is 15.5 Å². The molecule has 1 heterocycles. The number of hydrogen-bond donors (Lipinski definition) is 1. The molecule has 0 aliphatic carbocycles. The lowest BCUT2D eigenvalue weighted by molar-refractivity contribution is -0.116. The Hall–Kier alpha value is -1.66. The number of aromatic nitrogens is 2. The third kappa shape index (κ3) is 3.42. The van der Waals surface area contributed by atoms with Gasteiger partial charge in [-0.3, -0.25) is 14.2 Å². The van der Waals surface area contributed by atoms with Gasteiger partial charge in [-0.05, 0) is 28.1 Å². The van der Waals surface area contributed by atoms with E-state index in [1.165, 1.54) is 17.1 Å². The van der Waals surface area contributed by atoms with E-state index < -0.39 is 0 Å². The molecule has 0 radical (unpaired) electrons. The summed E-state index contributed by atoms with van der Waals surface area (Å²) < 4.78 is 1.51. The summed E-state index contributed by atoms with van der Waals surface area (Å²) in [6, 6.07) is 6.88. The standard InChI is InChI=1S/C12H9BrClN3O2/c13-8-5-15-7-17(12(8)19)6-11(18)16-10-4-2-1-3-9(10)14/h1-5,7H,6H2,(H,16,18). The Labute approximate surface area is 122 Å². The Balaban J connectivity index is 2.12. The molecule has 0 atom stereocenters. The smallest absolute Gasteiger partial charge is 0.268 e. The van der Waals surface area contributed by atoms with Crippen LogP contribution in [0.1, 0.15) is 0 Å². The van der Waals surface area contributed by atoms with Gasteiger partial charge >= 0.3 is 0 Å². The van der Waals surface area contributed by atoms with Crippen molar-refractivity contribution in [2.45, 2.75) is 6.54 Å². The van der Waals surface area contributed by atoms with Gasteiger partial charge in [-0.15, -0.1) is 0 Å². The zero-order valence-corrected chi connectivity index (χ0v) is 12.0. The molecule has 0 aliphatic rings. The summed E-state index contributed by atoms with van der Waals surface area (Å²) in [6.07, 6.45) is 2.68. The summed E-state index contributed by atoms with van der Waals surface area (Å²) in [6.45, 7) is -0.128. The zero-order valence-electron chi connectivity index (χ0n) is 9.64. The van der Waals surface area contributed by atoms with E-state index in [-0.39, 0.29) is 18.0 Å². The predicted octanol–water partition coefficient (Wildman–Crippen LogP) is 2.30. The highest BCUT2D eigenvalue weighted by molar-refractivity contribution is 9.10. The molecular formula is C12H9BrClN3O2. The van der Waals surface area contributed by atoms with Crippen molar-refractivity contribution in [2.24, 2.45) is 0 Å². The van der Waals surface area contributed by atoms with E-state index in [1.54, 1.807) is 24.3 Å². The lowest BCUT2D eigenvalue weighted by Crippen LogP contribution is -2.28. The van der Waals surface area contributed by atoms with Gasteiger partial charge < -0.3 is 5.32 Å². The summed E-state index contributed by atoms with van der Waals surface area (Å²) in [4.78, 5) is 27.4. The lowest BCUT2D eigenvalue weighted by atomic mass is 10.3. The van der Waals surface area contributed by atoms with Gasteiger partial charge in [0.25, 0.3) is 5.56 Å².